The van der Waals surface area contributed by atoms with Gasteiger partial charge in [-0.15, -0.1) is 0 Å². The van der Waals surface area contributed by atoms with Crippen molar-refractivity contribution in [1.82, 2.24) is 9.97 Å². The average Bonchev–Trinajstić information content (AvgIpc) is 3.01. The highest BCUT2D eigenvalue weighted by atomic mass is 28.3. The van der Waals surface area contributed by atoms with Gasteiger partial charge in [0.15, 0.2) is 23.1 Å². The van der Waals surface area contributed by atoms with Gasteiger partial charge in [-0.3, -0.25) is 0 Å². The molecule has 0 aliphatic rings. The predicted octanol–water partition coefficient (Wildman–Crippen LogP) is 9.20. The van der Waals surface area contributed by atoms with Crippen LogP contribution in [0.15, 0.2) is 48.8 Å². The molecule has 0 N–H and O–H groups in total. The number of hydrogen-bond acceptors (Lipinski definition) is 6. The summed E-state index contributed by atoms with van der Waals surface area (Å²) in [7, 11) is -0.875. The smallest absolute Gasteiger partial charge is 0.346 e. The number of ether oxygens (including phenoxy) is 3. The highest BCUT2D eigenvalue weighted by molar-refractivity contribution is 6.57. The molecule has 0 amide bonds. The van der Waals surface area contributed by atoms with Crippen LogP contribution in [0.2, 0.25) is 18.6 Å². The minimum absolute atomic E-state index is 0.184. The molecule has 1 unspecified atom stereocenters. The Balaban J connectivity index is 1.51. The predicted molar refractivity (Wildman–Crippen MR) is 170 cm³/mol. The zero-order valence-electron chi connectivity index (χ0n) is 26.0. The fourth-order valence-electron chi connectivity index (χ4n) is 4.84. The lowest BCUT2D eigenvalue weighted by molar-refractivity contribution is 0.0728. The zero-order chi connectivity index (χ0) is 31.0. The van der Waals surface area contributed by atoms with Gasteiger partial charge >= 0.3 is 5.97 Å². The zero-order valence-corrected chi connectivity index (χ0v) is 27.2. The van der Waals surface area contributed by atoms with Gasteiger partial charge in [0.2, 0.25) is 5.82 Å². The highest BCUT2D eigenvalue weighted by Gasteiger charge is 2.22. The Labute approximate surface area is 256 Å². The molecule has 9 heteroatoms. The van der Waals surface area contributed by atoms with Gasteiger partial charge in [-0.25, -0.2) is 19.2 Å². The number of nitrogens with zero attached hydrogens (tertiary/aromatic N) is 2. The quantitative estimate of drug-likeness (QED) is 0.0582. The number of rotatable bonds is 19. The minimum atomic E-state index is -1.29. The van der Waals surface area contributed by atoms with Crippen molar-refractivity contribution in [3.63, 3.8) is 0 Å². The number of hydrogen-bond donors (Lipinski definition) is 0. The van der Waals surface area contributed by atoms with E-state index in [1.165, 1.54) is 37.8 Å². The maximum Gasteiger partial charge on any atom is 0.346 e. The molecule has 1 heterocycles. The number of halogens is 2. The Morgan fingerprint density at radius 1 is 0.767 bits per heavy atom. The summed E-state index contributed by atoms with van der Waals surface area (Å²) in [5.74, 6) is -2.38. The molecular formula is C34H46F2N2O4Si. The third-order valence-electron chi connectivity index (χ3n) is 7.60. The lowest BCUT2D eigenvalue weighted by Gasteiger charge is -2.20. The van der Waals surface area contributed by atoms with E-state index in [1.54, 1.807) is 36.7 Å². The Hall–Kier alpha value is -3.33. The number of carbonyl (C=O) groups excluding carboxylic acids is 1. The third kappa shape index (κ3) is 11.0. The second-order valence-electron chi connectivity index (χ2n) is 11.3. The van der Waals surface area contributed by atoms with Gasteiger partial charge in [0.1, 0.15) is 5.75 Å². The van der Waals surface area contributed by atoms with E-state index < -0.39 is 32.0 Å². The summed E-state index contributed by atoms with van der Waals surface area (Å²) in [5.41, 5.74) is 0.801. The molecular weight excluding hydrogens is 566 g/mol. The second kappa shape index (κ2) is 18.4. The van der Waals surface area contributed by atoms with Crippen LogP contribution in [0.4, 0.5) is 8.78 Å². The van der Waals surface area contributed by atoms with Crippen molar-refractivity contribution in [2.45, 2.75) is 96.7 Å². The van der Waals surface area contributed by atoms with E-state index >= 15 is 0 Å². The Bertz CT molecular complexity index is 1260. The molecule has 0 fully saturated rings. The summed E-state index contributed by atoms with van der Waals surface area (Å²) < 4.78 is 46.1. The highest BCUT2D eigenvalue weighted by Crippen LogP contribution is 2.27. The van der Waals surface area contributed by atoms with E-state index in [9.17, 15) is 13.6 Å². The van der Waals surface area contributed by atoms with Gasteiger partial charge in [-0.05, 0) is 54.8 Å². The van der Waals surface area contributed by atoms with E-state index in [0.29, 0.717) is 35.9 Å². The van der Waals surface area contributed by atoms with Crippen LogP contribution in [0, 0.1) is 11.6 Å². The SMILES string of the molecule is CCCCCCCCOc1cnc(-c2ccc(OC(=O)c3ccc(OCCC(CCCC)[SiH](C)C)c(F)c3F)cc2)nc1. The van der Waals surface area contributed by atoms with E-state index in [2.05, 4.69) is 36.9 Å². The van der Waals surface area contributed by atoms with Crippen molar-refractivity contribution >= 4 is 14.8 Å². The van der Waals surface area contributed by atoms with Crippen LogP contribution in [-0.2, 0) is 0 Å². The van der Waals surface area contributed by atoms with Crippen molar-refractivity contribution < 1.29 is 27.8 Å². The van der Waals surface area contributed by atoms with Crippen LogP contribution in [0.1, 0.15) is 88.4 Å². The first-order valence-electron chi connectivity index (χ1n) is 15.7. The molecule has 0 bridgehead atoms. The van der Waals surface area contributed by atoms with E-state index in [1.807, 2.05) is 0 Å². The van der Waals surface area contributed by atoms with Crippen molar-refractivity contribution in [2.24, 2.45) is 0 Å². The molecule has 0 saturated carbocycles. The number of esters is 1. The maximum atomic E-state index is 14.8. The molecule has 6 nitrogen and oxygen atoms in total. The lowest BCUT2D eigenvalue weighted by atomic mass is 10.1. The summed E-state index contributed by atoms with van der Waals surface area (Å²) in [6.45, 7) is 9.91. The first-order chi connectivity index (χ1) is 20.8. The molecule has 234 valence electrons. The molecule has 0 spiro atoms. The summed E-state index contributed by atoms with van der Waals surface area (Å²) in [6, 6.07) is 8.97. The summed E-state index contributed by atoms with van der Waals surface area (Å²) in [6.07, 6.45) is 14.7. The second-order valence-corrected chi connectivity index (χ2v) is 14.7. The first-order valence-corrected chi connectivity index (χ1v) is 18.7. The number of benzene rings is 2. The fraction of sp³-hybridized carbons (Fsp3) is 0.500. The molecule has 2 aromatic carbocycles. The topological polar surface area (TPSA) is 70.5 Å². The molecule has 0 aliphatic carbocycles. The van der Waals surface area contributed by atoms with E-state index in [-0.39, 0.29) is 11.5 Å². The maximum absolute atomic E-state index is 14.8. The number of unbranched alkanes of at least 4 members (excludes halogenated alkanes) is 6. The van der Waals surface area contributed by atoms with E-state index in [4.69, 9.17) is 14.2 Å². The normalized spacial score (nSPS) is 11.9. The van der Waals surface area contributed by atoms with Gasteiger partial charge in [-0.1, -0.05) is 78.3 Å². The molecule has 1 aromatic heterocycles. The molecule has 0 saturated heterocycles. The third-order valence-corrected chi connectivity index (χ3v) is 10.2. The number of aromatic nitrogens is 2. The molecule has 0 radical (unpaired) electrons. The van der Waals surface area contributed by atoms with Gasteiger partial charge in [0.05, 0.1) is 31.2 Å². The van der Waals surface area contributed by atoms with Crippen LogP contribution in [-0.4, -0.2) is 37.9 Å². The van der Waals surface area contributed by atoms with Crippen molar-refractivity contribution in [2.75, 3.05) is 13.2 Å². The Morgan fingerprint density at radius 3 is 2.12 bits per heavy atom. The largest absolute Gasteiger partial charge is 0.490 e. The number of carbonyl (C=O) groups is 1. The molecule has 43 heavy (non-hydrogen) atoms. The van der Waals surface area contributed by atoms with Crippen molar-refractivity contribution in [3.8, 4) is 28.6 Å². The van der Waals surface area contributed by atoms with Gasteiger partial charge in [0.25, 0.3) is 0 Å². The monoisotopic (exact) mass is 612 g/mol. The molecule has 1 atom stereocenters. The van der Waals surface area contributed by atoms with Crippen molar-refractivity contribution in [1.29, 1.82) is 0 Å². The van der Waals surface area contributed by atoms with Gasteiger partial charge in [-0.2, -0.15) is 4.39 Å². The summed E-state index contributed by atoms with van der Waals surface area (Å²) in [5, 5.41) is 0. The lowest BCUT2D eigenvalue weighted by Crippen LogP contribution is -2.16. The van der Waals surface area contributed by atoms with Crippen LogP contribution in [0.25, 0.3) is 11.4 Å². The Morgan fingerprint density at radius 2 is 1.44 bits per heavy atom. The summed E-state index contributed by atoms with van der Waals surface area (Å²) in [4.78, 5) is 21.4. The van der Waals surface area contributed by atoms with Crippen LogP contribution < -0.4 is 14.2 Å². The minimum Gasteiger partial charge on any atom is -0.490 e. The summed E-state index contributed by atoms with van der Waals surface area (Å²) >= 11 is 0. The molecule has 3 rings (SSSR count). The van der Waals surface area contributed by atoms with Gasteiger partial charge < -0.3 is 14.2 Å². The standard InChI is InChI=1S/C34H46F2N2O4Si/c1-5-7-9-10-11-12-21-40-27-23-37-33(38-24-27)25-14-16-26(17-15-25)42-34(39)29-18-19-30(32(36)31(29)35)41-22-20-28(43(3)4)13-8-6-2/h14-19,23-24,28,43H,5-13,20-22H2,1-4H3. The van der Waals surface area contributed by atoms with Crippen molar-refractivity contribution in [3.05, 3.63) is 66.0 Å². The first kappa shape index (κ1) is 34.2. The molecule has 0 aliphatic heterocycles. The average molecular weight is 613 g/mol. The van der Waals surface area contributed by atoms with Crippen LogP contribution >= 0.6 is 0 Å². The van der Waals surface area contributed by atoms with Crippen LogP contribution in [0.5, 0.6) is 17.2 Å². The Kier molecular flexibility index (Phi) is 14.6. The molecule has 3 aromatic rings. The fourth-order valence-corrected chi connectivity index (χ4v) is 6.55. The van der Waals surface area contributed by atoms with Crippen LogP contribution in [0.3, 0.4) is 0 Å². The van der Waals surface area contributed by atoms with Gasteiger partial charge in [0, 0.05) is 14.4 Å². The van der Waals surface area contributed by atoms with E-state index in [0.717, 1.165) is 38.5 Å².